The molecule has 0 spiro atoms. The Bertz CT molecular complexity index is 3410. The lowest BCUT2D eigenvalue weighted by Crippen LogP contribution is -2.30. The van der Waals surface area contributed by atoms with Crippen LogP contribution in [-0.2, 0) is 33.1 Å². The van der Waals surface area contributed by atoms with Gasteiger partial charge in [0.25, 0.3) is 11.8 Å². The molecular weight excluding hydrogens is 1040 g/mol. The molecule has 2 heterocycles. The number of benzene rings is 6. The Morgan fingerprint density at radius 3 is 1.62 bits per heavy atom. The molecule has 2 amide bonds. The summed E-state index contributed by atoms with van der Waals surface area (Å²) in [5.41, 5.74) is 6.34. The highest BCUT2D eigenvalue weighted by Crippen LogP contribution is 2.33. The molecule has 0 aliphatic rings. The van der Waals surface area contributed by atoms with E-state index in [0.29, 0.717) is 60.1 Å². The lowest BCUT2D eigenvalue weighted by molar-refractivity contribution is 0.0778. The summed E-state index contributed by atoms with van der Waals surface area (Å²) in [6.07, 6.45) is 5.23. The smallest absolute Gasteiger partial charge is 0.488 e. The molecule has 22 heteroatoms. The normalized spacial score (nSPS) is 11.1. The number of rotatable bonds is 16. The molecule has 384 valence electrons. The van der Waals surface area contributed by atoms with Gasteiger partial charge in [-0.3, -0.25) is 19.8 Å². The molecule has 0 bridgehead atoms. The van der Waals surface area contributed by atoms with E-state index in [4.69, 9.17) is 29.8 Å². The number of H-pyrrole nitrogens is 2. The van der Waals surface area contributed by atoms with Crippen molar-refractivity contribution >= 4 is 82.2 Å². The topological polar surface area (TPSA) is 277 Å². The minimum atomic E-state index is -3.85. The van der Waals surface area contributed by atoms with Gasteiger partial charge in [-0.1, -0.05) is 81.9 Å². The SMILES string of the molecule is C.CCCOc1cc(C(=O)N(C)Cc2cccc3cn[nH]c23)ccc1-c1cccc(S(N)(=O)=O)c1.CCCOc1cc(C(=O)N(C)Cc2cccc3cn[nH]c23)ccc1Br.NS(=O)(=O)c1cccc(B(O)O)c1. The van der Waals surface area contributed by atoms with Gasteiger partial charge in [0.15, 0.2) is 0 Å². The van der Waals surface area contributed by atoms with Gasteiger partial charge in [-0.2, -0.15) is 10.2 Å². The summed E-state index contributed by atoms with van der Waals surface area (Å²) < 4.78 is 57.7. The molecule has 8 aromatic rings. The van der Waals surface area contributed by atoms with Crippen molar-refractivity contribution < 1.29 is 45.9 Å². The number of hydrogen-bond acceptors (Lipinski definition) is 12. The fourth-order valence-corrected chi connectivity index (χ4v) is 8.79. The molecule has 0 aliphatic heterocycles. The predicted octanol–water partition coefficient (Wildman–Crippen LogP) is 6.97. The fraction of sp³-hybridized carbons (Fsp3) is 0.216. The molecule has 0 aliphatic carbocycles. The van der Waals surface area contributed by atoms with Gasteiger partial charge in [0.05, 0.1) is 50.9 Å². The third kappa shape index (κ3) is 15.1. The molecule has 73 heavy (non-hydrogen) atoms. The summed E-state index contributed by atoms with van der Waals surface area (Å²) in [6, 6.07) is 34.0. The Labute approximate surface area is 433 Å². The molecule has 0 fully saturated rings. The largest absolute Gasteiger partial charge is 0.493 e. The maximum absolute atomic E-state index is 13.2. The number of hydrogen-bond donors (Lipinski definition) is 6. The number of nitrogens with one attached hydrogen (secondary N) is 2. The van der Waals surface area contributed by atoms with E-state index in [2.05, 4.69) is 36.3 Å². The molecule has 8 rings (SSSR count). The first-order chi connectivity index (χ1) is 34.3. The highest BCUT2D eigenvalue weighted by molar-refractivity contribution is 9.10. The van der Waals surface area contributed by atoms with E-state index in [1.807, 2.05) is 56.3 Å². The fourth-order valence-electron chi connectivity index (χ4n) is 7.30. The van der Waals surface area contributed by atoms with Crippen molar-refractivity contribution in [2.24, 2.45) is 10.3 Å². The Balaban J connectivity index is 0.000000222. The zero-order valence-electron chi connectivity index (χ0n) is 39.8. The summed E-state index contributed by atoms with van der Waals surface area (Å²) in [4.78, 5) is 29.2. The molecule has 0 atom stereocenters. The molecule has 0 radical (unpaired) electrons. The number of nitrogens with two attached hydrogens (primary N) is 2. The van der Waals surface area contributed by atoms with Gasteiger partial charge in [0.2, 0.25) is 20.0 Å². The van der Waals surface area contributed by atoms with Gasteiger partial charge in [-0.25, -0.2) is 27.1 Å². The summed E-state index contributed by atoms with van der Waals surface area (Å²) in [6.45, 7) is 6.01. The van der Waals surface area contributed by atoms with Crippen LogP contribution < -0.4 is 25.2 Å². The van der Waals surface area contributed by atoms with E-state index >= 15 is 0 Å². The van der Waals surface area contributed by atoms with Gasteiger partial charge < -0.3 is 29.3 Å². The summed E-state index contributed by atoms with van der Waals surface area (Å²) in [7, 11) is -5.78. The van der Waals surface area contributed by atoms with Crippen molar-refractivity contribution in [1.82, 2.24) is 30.2 Å². The highest BCUT2D eigenvalue weighted by atomic mass is 79.9. The van der Waals surface area contributed by atoms with Crippen molar-refractivity contribution in [1.29, 1.82) is 0 Å². The van der Waals surface area contributed by atoms with E-state index in [1.54, 1.807) is 78.8 Å². The number of aromatic amines is 2. The number of halogens is 1. The standard InChI is InChI=1S/C25H26N4O4S.C19H20BrN3O2.C6H8BNO4S.CH4/c1-3-12-33-23-14-18(10-11-22(23)17-6-5-9-21(13-17)34(26,31)32)25(30)29(2)16-20-8-4-7-19-15-27-28-24(19)20;1-3-9-25-17-10-13(7-8-16(17)20)19(24)23(2)12-15-6-4-5-14-11-21-22-18(14)15;8-13(11,12)6-3-1-2-5(4-6)7(9)10;/h4-11,13-15H,3,12,16H2,1-2H3,(H,27,28)(H2,26,31,32);4-8,10-11H,3,9,12H2,1-2H3,(H,21,22);1-4,9-10H,(H2,8,11,12);1H4. The maximum atomic E-state index is 13.2. The third-order valence-corrected chi connectivity index (χ3v) is 13.4. The van der Waals surface area contributed by atoms with Crippen LogP contribution in [0.25, 0.3) is 32.9 Å². The molecule has 6 aromatic carbocycles. The molecule has 18 nitrogen and oxygen atoms in total. The van der Waals surface area contributed by atoms with Crippen LogP contribution in [0.5, 0.6) is 11.5 Å². The Hall–Kier alpha value is -6.92. The lowest BCUT2D eigenvalue weighted by atomic mass is 9.81. The zero-order valence-corrected chi connectivity index (χ0v) is 43.0. The minimum Gasteiger partial charge on any atom is -0.493 e. The molecular formula is C51H58BBrN8O10S2. The summed E-state index contributed by atoms with van der Waals surface area (Å²) >= 11 is 3.46. The molecule has 8 N–H and O–H groups in total. The number of aromatic nitrogens is 4. The van der Waals surface area contributed by atoms with Crippen LogP contribution in [0.2, 0.25) is 0 Å². The van der Waals surface area contributed by atoms with Crippen molar-refractivity contribution in [2.45, 2.75) is 57.0 Å². The number of carbonyl (C=O) groups excluding carboxylic acids is 2. The van der Waals surface area contributed by atoms with Crippen LogP contribution >= 0.6 is 15.9 Å². The quantitative estimate of drug-likeness (QED) is 0.0535. The number of ether oxygens (including phenoxy) is 2. The van der Waals surface area contributed by atoms with Gasteiger partial charge in [0, 0.05) is 54.6 Å². The van der Waals surface area contributed by atoms with Crippen LogP contribution in [0.3, 0.4) is 0 Å². The predicted molar refractivity (Wildman–Crippen MR) is 287 cm³/mol. The maximum Gasteiger partial charge on any atom is 0.488 e. The van der Waals surface area contributed by atoms with Crippen LogP contribution in [0, 0.1) is 0 Å². The number of amides is 2. The van der Waals surface area contributed by atoms with Gasteiger partial charge >= 0.3 is 7.12 Å². The van der Waals surface area contributed by atoms with Crippen molar-refractivity contribution in [3.05, 3.63) is 160 Å². The van der Waals surface area contributed by atoms with E-state index in [9.17, 15) is 26.4 Å². The number of carbonyl (C=O) groups is 2. The Morgan fingerprint density at radius 2 is 1.11 bits per heavy atom. The van der Waals surface area contributed by atoms with Gasteiger partial charge in [-0.05, 0) is 112 Å². The lowest BCUT2D eigenvalue weighted by Gasteiger charge is -2.19. The molecule has 0 unspecified atom stereocenters. The van der Waals surface area contributed by atoms with Crippen LogP contribution in [0.4, 0.5) is 0 Å². The van der Waals surface area contributed by atoms with E-state index in [-0.39, 0.29) is 34.5 Å². The van der Waals surface area contributed by atoms with Gasteiger partial charge in [-0.15, -0.1) is 0 Å². The van der Waals surface area contributed by atoms with E-state index in [0.717, 1.165) is 56.3 Å². The second-order valence-electron chi connectivity index (χ2n) is 16.4. The first-order valence-corrected chi connectivity index (χ1v) is 26.3. The van der Waals surface area contributed by atoms with Crippen LogP contribution in [0.15, 0.2) is 148 Å². The molecule has 0 saturated carbocycles. The number of sulfonamides is 2. The van der Waals surface area contributed by atoms with E-state index < -0.39 is 27.2 Å². The molecule has 2 aromatic heterocycles. The van der Waals surface area contributed by atoms with Crippen LogP contribution in [0.1, 0.15) is 66.0 Å². The van der Waals surface area contributed by atoms with Crippen LogP contribution in [-0.4, -0.2) is 103 Å². The first kappa shape index (κ1) is 57.0. The Kier molecular flexibility index (Phi) is 20.0. The Morgan fingerprint density at radius 1 is 0.644 bits per heavy atom. The second-order valence-corrected chi connectivity index (χ2v) is 20.4. The molecule has 0 saturated heterocycles. The average molecular weight is 1100 g/mol. The van der Waals surface area contributed by atoms with Crippen molar-refractivity contribution in [3.63, 3.8) is 0 Å². The third-order valence-electron chi connectivity index (χ3n) is 10.9. The number of nitrogens with zero attached hydrogens (tertiary/aromatic N) is 4. The number of fused-ring (bicyclic) bond motifs is 2. The number of para-hydroxylation sites is 2. The van der Waals surface area contributed by atoms with Gasteiger partial charge in [0.1, 0.15) is 11.5 Å². The van der Waals surface area contributed by atoms with E-state index in [1.165, 1.54) is 30.3 Å². The van der Waals surface area contributed by atoms with Crippen molar-refractivity contribution in [2.75, 3.05) is 27.3 Å². The zero-order chi connectivity index (χ0) is 52.2. The van der Waals surface area contributed by atoms with Crippen molar-refractivity contribution in [3.8, 4) is 22.6 Å². The first-order valence-electron chi connectivity index (χ1n) is 22.4. The monoisotopic (exact) mass is 1100 g/mol. The average Bonchev–Trinajstić information content (AvgIpc) is 4.07. The highest BCUT2D eigenvalue weighted by Gasteiger charge is 2.20. The number of primary sulfonamides is 2. The second kappa shape index (κ2) is 25.6. The summed E-state index contributed by atoms with van der Waals surface area (Å²) in [5, 5.41) is 43.8. The minimum absolute atomic E-state index is 0. The summed E-state index contributed by atoms with van der Waals surface area (Å²) in [5.74, 6) is 0.980.